The van der Waals surface area contributed by atoms with Crippen LogP contribution in [0.1, 0.15) is 12.5 Å². The molecule has 0 saturated carbocycles. The van der Waals surface area contributed by atoms with Crippen LogP contribution < -0.4 is 0 Å². The number of hydrogen-bond acceptors (Lipinski definition) is 4. The first-order valence-corrected chi connectivity index (χ1v) is 4.77. The molecule has 4 nitrogen and oxygen atoms in total. The van der Waals surface area contributed by atoms with E-state index in [-0.39, 0.29) is 0 Å². The molecule has 0 bridgehead atoms. The highest BCUT2D eigenvalue weighted by Gasteiger charge is 2.32. The predicted molar refractivity (Wildman–Crippen MR) is 56.4 cm³/mol. The van der Waals surface area contributed by atoms with Gasteiger partial charge in [-0.2, -0.15) is 0 Å². The third kappa shape index (κ3) is 3.27. The van der Waals surface area contributed by atoms with Crippen molar-refractivity contribution in [1.82, 2.24) is 4.98 Å². The number of ether oxygens (including phenoxy) is 2. The maximum atomic E-state index is 10.2. The number of hydrogen-bond donors (Lipinski definition) is 1. The lowest BCUT2D eigenvalue weighted by atomic mass is 9.96. The highest BCUT2D eigenvalue weighted by atomic mass is 16.7. The first-order chi connectivity index (χ1) is 7.10. The summed E-state index contributed by atoms with van der Waals surface area (Å²) in [4.78, 5) is 3.92. The predicted octanol–water partition coefficient (Wildman–Crippen LogP) is 0.994. The van der Waals surface area contributed by atoms with Gasteiger partial charge in [-0.15, -0.1) is 0 Å². The Morgan fingerprint density at radius 3 is 2.33 bits per heavy atom. The second-order valence-corrected chi connectivity index (χ2v) is 3.69. The number of methoxy groups -OCH3 is 2. The minimum atomic E-state index is -1.05. The Hall–Kier alpha value is -0.970. The molecular weight excluding hydrogens is 194 g/mol. The molecule has 0 spiro atoms. The maximum Gasteiger partial charge on any atom is 0.185 e. The summed E-state index contributed by atoms with van der Waals surface area (Å²) in [6, 6.07) is 3.72. The van der Waals surface area contributed by atoms with E-state index in [1.165, 1.54) is 14.2 Å². The molecule has 4 heteroatoms. The summed E-state index contributed by atoms with van der Waals surface area (Å²) >= 11 is 0. The van der Waals surface area contributed by atoms with Crippen LogP contribution in [0, 0.1) is 0 Å². The van der Waals surface area contributed by atoms with Crippen LogP contribution in [-0.4, -0.2) is 36.2 Å². The number of rotatable bonds is 5. The molecule has 0 radical (unpaired) electrons. The van der Waals surface area contributed by atoms with Gasteiger partial charge in [-0.05, 0) is 24.6 Å². The van der Waals surface area contributed by atoms with E-state index in [0.29, 0.717) is 6.42 Å². The fourth-order valence-electron chi connectivity index (χ4n) is 1.60. The molecular formula is C11H17NO3. The molecule has 0 amide bonds. The van der Waals surface area contributed by atoms with Crippen molar-refractivity contribution in [1.29, 1.82) is 0 Å². The van der Waals surface area contributed by atoms with Gasteiger partial charge in [0.1, 0.15) is 5.60 Å². The Morgan fingerprint density at radius 1 is 1.33 bits per heavy atom. The largest absolute Gasteiger partial charge is 0.385 e. The third-order valence-electron chi connectivity index (χ3n) is 2.25. The SMILES string of the molecule is COC(OC)C(C)(O)Cc1ccncc1. The highest BCUT2D eigenvalue weighted by molar-refractivity contribution is 5.12. The van der Waals surface area contributed by atoms with E-state index >= 15 is 0 Å². The third-order valence-corrected chi connectivity index (χ3v) is 2.25. The van der Waals surface area contributed by atoms with Crippen LogP contribution in [0.5, 0.6) is 0 Å². The molecule has 1 heterocycles. The minimum absolute atomic E-state index is 0.460. The number of nitrogens with zero attached hydrogens (tertiary/aromatic N) is 1. The van der Waals surface area contributed by atoms with Crippen molar-refractivity contribution in [3.63, 3.8) is 0 Å². The Bertz CT molecular complexity index is 283. The molecule has 1 atom stereocenters. The average Bonchev–Trinajstić information content (AvgIpc) is 2.19. The molecule has 0 fully saturated rings. The summed E-state index contributed by atoms with van der Waals surface area (Å²) in [5.74, 6) is 0. The van der Waals surface area contributed by atoms with Gasteiger partial charge in [0.2, 0.25) is 0 Å². The molecule has 1 aromatic rings. The zero-order chi connectivity index (χ0) is 11.3. The first kappa shape index (κ1) is 12.1. The Labute approximate surface area is 89.9 Å². The molecule has 0 aliphatic heterocycles. The number of aliphatic hydroxyl groups is 1. The highest BCUT2D eigenvalue weighted by Crippen LogP contribution is 2.19. The summed E-state index contributed by atoms with van der Waals surface area (Å²) in [6.45, 7) is 1.69. The van der Waals surface area contributed by atoms with Crippen molar-refractivity contribution in [3.8, 4) is 0 Å². The van der Waals surface area contributed by atoms with Crippen LogP contribution in [-0.2, 0) is 15.9 Å². The quantitative estimate of drug-likeness (QED) is 0.738. The van der Waals surface area contributed by atoms with E-state index in [1.54, 1.807) is 19.3 Å². The molecule has 0 aliphatic rings. The zero-order valence-electron chi connectivity index (χ0n) is 9.30. The smallest absolute Gasteiger partial charge is 0.185 e. The summed E-state index contributed by atoms with van der Waals surface area (Å²) < 4.78 is 10.1. The maximum absolute atomic E-state index is 10.2. The van der Waals surface area contributed by atoms with Crippen molar-refractivity contribution >= 4 is 0 Å². The van der Waals surface area contributed by atoms with Crippen molar-refractivity contribution in [2.45, 2.75) is 25.2 Å². The van der Waals surface area contributed by atoms with Crippen LogP contribution in [0.4, 0.5) is 0 Å². The molecule has 1 aromatic heterocycles. The van der Waals surface area contributed by atoms with E-state index < -0.39 is 11.9 Å². The van der Waals surface area contributed by atoms with Crippen molar-refractivity contribution in [2.24, 2.45) is 0 Å². The van der Waals surface area contributed by atoms with Gasteiger partial charge in [0.25, 0.3) is 0 Å². The molecule has 1 unspecified atom stereocenters. The Balaban J connectivity index is 2.71. The van der Waals surface area contributed by atoms with E-state index in [2.05, 4.69) is 4.98 Å². The molecule has 1 rings (SSSR count). The van der Waals surface area contributed by atoms with Crippen LogP contribution in [0.25, 0.3) is 0 Å². The van der Waals surface area contributed by atoms with E-state index in [1.807, 2.05) is 12.1 Å². The van der Waals surface area contributed by atoms with Gasteiger partial charge < -0.3 is 14.6 Å². The molecule has 84 valence electrons. The molecule has 0 aliphatic carbocycles. The first-order valence-electron chi connectivity index (χ1n) is 4.77. The molecule has 0 aromatic carbocycles. The van der Waals surface area contributed by atoms with Gasteiger partial charge in [0, 0.05) is 33.0 Å². The lowest BCUT2D eigenvalue weighted by Gasteiger charge is -2.30. The fraction of sp³-hybridized carbons (Fsp3) is 0.545. The minimum Gasteiger partial charge on any atom is -0.385 e. The average molecular weight is 211 g/mol. The fourth-order valence-corrected chi connectivity index (χ4v) is 1.60. The van der Waals surface area contributed by atoms with E-state index in [9.17, 15) is 5.11 Å². The lowest BCUT2D eigenvalue weighted by molar-refractivity contribution is -0.207. The summed E-state index contributed by atoms with van der Waals surface area (Å²) in [6.07, 6.45) is 3.22. The molecule has 15 heavy (non-hydrogen) atoms. The van der Waals surface area contributed by atoms with Crippen LogP contribution in [0.3, 0.4) is 0 Å². The van der Waals surface area contributed by atoms with Gasteiger partial charge >= 0.3 is 0 Å². The normalized spacial score (nSPS) is 15.3. The summed E-state index contributed by atoms with van der Waals surface area (Å²) in [7, 11) is 3.02. The standard InChI is InChI=1S/C11H17NO3/c1-11(13,10(14-2)15-3)8-9-4-6-12-7-5-9/h4-7,10,13H,8H2,1-3H3. The Morgan fingerprint density at radius 2 is 1.87 bits per heavy atom. The van der Waals surface area contributed by atoms with Gasteiger partial charge in [-0.1, -0.05) is 0 Å². The van der Waals surface area contributed by atoms with Crippen LogP contribution >= 0.6 is 0 Å². The second-order valence-electron chi connectivity index (χ2n) is 3.69. The monoisotopic (exact) mass is 211 g/mol. The number of aromatic nitrogens is 1. The molecule has 0 saturated heterocycles. The lowest BCUT2D eigenvalue weighted by Crippen LogP contribution is -2.43. The zero-order valence-corrected chi connectivity index (χ0v) is 9.30. The van der Waals surface area contributed by atoms with Gasteiger partial charge in [0.05, 0.1) is 0 Å². The van der Waals surface area contributed by atoms with Crippen molar-refractivity contribution in [3.05, 3.63) is 30.1 Å². The number of pyridine rings is 1. The van der Waals surface area contributed by atoms with Gasteiger partial charge in [-0.3, -0.25) is 4.98 Å². The van der Waals surface area contributed by atoms with E-state index in [4.69, 9.17) is 9.47 Å². The molecule has 1 N–H and O–H groups in total. The topological polar surface area (TPSA) is 51.6 Å². The van der Waals surface area contributed by atoms with Gasteiger partial charge in [-0.25, -0.2) is 0 Å². The van der Waals surface area contributed by atoms with Crippen molar-refractivity contribution < 1.29 is 14.6 Å². The van der Waals surface area contributed by atoms with Crippen LogP contribution in [0.2, 0.25) is 0 Å². The Kier molecular flexibility index (Phi) is 4.20. The van der Waals surface area contributed by atoms with Gasteiger partial charge in [0.15, 0.2) is 6.29 Å². The second kappa shape index (κ2) is 5.21. The van der Waals surface area contributed by atoms with Crippen molar-refractivity contribution in [2.75, 3.05) is 14.2 Å². The van der Waals surface area contributed by atoms with Crippen LogP contribution in [0.15, 0.2) is 24.5 Å². The summed E-state index contributed by atoms with van der Waals surface area (Å²) in [5, 5.41) is 10.2. The van der Waals surface area contributed by atoms with E-state index in [0.717, 1.165) is 5.56 Å². The summed E-state index contributed by atoms with van der Waals surface area (Å²) in [5.41, 5.74) is -0.0562.